The van der Waals surface area contributed by atoms with E-state index in [4.69, 9.17) is 11.8 Å². The first-order valence-electron chi connectivity index (χ1n) is 2.33. The third kappa shape index (κ3) is 0.928. The highest BCUT2D eigenvalue weighted by atomic mass is 35.5. The molecule has 2 nitrogen and oxygen atoms in total. The summed E-state index contributed by atoms with van der Waals surface area (Å²) in [6.45, 7) is 1.92. The van der Waals surface area contributed by atoms with Gasteiger partial charge < -0.3 is 0 Å². The van der Waals surface area contributed by atoms with E-state index in [-0.39, 0.29) is 11.3 Å². The summed E-state index contributed by atoms with van der Waals surface area (Å²) in [7, 11) is 0. The predicted molar refractivity (Wildman–Crippen MR) is 35.0 cm³/mol. The summed E-state index contributed by atoms with van der Waals surface area (Å²) in [6.07, 6.45) is 0. The van der Waals surface area contributed by atoms with Crippen molar-refractivity contribution in [1.29, 1.82) is 0 Å². The number of hydrogen-bond acceptors (Lipinski definition) is 2. The molecular formula is C4H6ClNOS. The number of carbonyl (C=O) groups excluding carboxylic acids is 1. The normalized spacial score (nSPS) is 29.5. The first-order chi connectivity index (χ1) is 3.72. The van der Waals surface area contributed by atoms with Crippen LogP contribution < -0.4 is 0 Å². The molecule has 0 N–H and O–H groups in total. The maximum absolute atomic E-state index is 10.5. The van der Waals surface area contributed by atoms with Crippen LogP contribution in [0.25, 0.3) is 0 Å². The van der Waals surface area contributed by atoms with Crippen LogP contribution in [0.5, 0.6) is 0 Å². The standard InChI is InChI=1S/C4H6ClNOS/c1-3-2-8-4(7)6(3)5/h3H,2H2,1H3. The monoisotopic (exact) mass is 151 g/mol. The molecule has 1 rings (SSSR count). The van der Waals surface area contributed by atoms with E-state index in [0.29, 0.717) is 0 Å². The van der Waals surface area contributed by atoms with Crippen molar-refractivity contribution < 1.29 is 4.79 Å². The minimum absolute atomic E-state index is 0.0285. The lowest BCUT2D eigenvalue weighted by Crippen LogP contribution is -2.19. The Bertz CT molecular complexity index is 119. The Balaban J connectivity index is 2.56. The number of halogens is 1. The van der Waals surface area contributed by atoms with Gasteiger partial charge in [0.05, 0.1) is 6.04 Å². The number of carbonyl (C=O) groups is 1. The minimum Gasteiger partial charge on any atom is -0.260 e. The average molecular weight is 152 g/mol. The molecule has 0 saturated carbocycles. The molecular weight excluding hydrogens is 146 g/mol. The molecule has 0 bridgehead atoms. The molecule has 0 aromatic heterocycles. The maximum Gasteiger partial charge on any atom is 0.296 e. The van der Waals surface area contributed by atoms with Crippen LogP contribution in [0, 0.1) is 0 Å². The number of rotatable bonds is 0. The van der Waals surface area contributed by atoms with Crippen LogP contribution in [-0.2, 0) is 0 Å². The van der Waals surface area contributed by atoms with E-state index in [9.17, 15) is 4.79 Å². The van der Waals surface area contributed by atoms with E-state index < -0.39 is 0 Å². The van der Waals surface area contributed by atoms with Crippen molar-refractivity contribution in [1.82, 2.24) is 4.42 Å². The molecule has 1 saturated heterocycles. The van der Waals surface area contributed by atoms with Crippen molar-refractivity contribution in [3.05, 3.63) is 0 Å². The zero-order valence-corrected chi connectivity index (χ0v) is 6.00. The van der Waals surface area contributed by atoms with Gasteiger partial charge in [-0.15, -0.1) is 0 Å². The molecule has 0 radical (unpaired) electrons. The number of nitrogens with zero attached hydrogens (tertiary/aromatic N) is 1. The van der Waals surface area contributed by atoms with Gasteiger partial charge in [-0.05, 0) is 6.92 Å². The molecule has 1 unspecified atom stereocenters. The fraction of sp³-hybridized carbons (Fsp3) is 0.750. The number of amides is 1. The Kier molecular flexibility index (Phi) is 1.68. The van der Waals surface area contributed by atoms with Crippen LogP contribution in [0.15, 0.2) is 0 Å². The van der Waals surface area contributed by atoms with E-state index >= 15 is 0 Å². The molecule has 1 heterocycles. The van der Waals surface area contributed by atoms with Crippen LogP contribution in [0.4, 0.5) is 4.79 Å². The van der Waals surface area contributed by atoms with E-state index in [1.54, 1.807) is 0 Å². The lowest BCUT2D eigenvalue weighted by atomic mass is 10.4. The van der Waals surface area contributed by atoms with Crippen LogP contribution in [0.1, 0.15) is 6.92 Å². The average Bonchev–Trinajstić information content (AvgIpc) is 1.98. The second-order valence-electron chi connectivity index (χ2n) is 1.74. The van der Waals surface area contributed by atoms with Gasteiger partial charge in [-0.1, -0.05) is 11.8 Å². The largest absolute Gasteiger partial charge is 0.296 e. The summed E-state index contributed by atoms with van der Waals surface area (Å²) in [5, 5.41) is -0.0285. The summed E-state index contributed by atoms with van der Waals surface area (Å²) in [5.41, 5.74) is 0. The highest BCUT2D eigenvalue weighted by molar-refractivity contribution is 8.14. The van der Waals surface area contributed by atoms with E-state index in [0.717, 1.165) is 5.75 Å². The third-order valence-corrected chi connectivity index (χ3v) is 2.69. The topological polar surface area (TPSA) is 20.3 Å². The molecule has 0 aromatic rings. The van der Waals surface area contributed by atoms with E-state index in [2.05, 4.69) is 0 Å². The van der Waals surface area contributed by atoms with Crippen LogP contribution in [-0.4, -0.2) is 21.5 Å². The smallest absolute Gasteiger partial charge is 0.260 e. The molecule has 0 aliphatic carbocycles. The number of hydrogen-bond donors (Lipinski definition) is 0. The van der Waals surface area contributed by atoms with Crippen molar-refractivity contribution in [2.75, 3.05) is 5.75 Å². The SMILES string of the molecule is CC1CSC(=O)N1Cl. The van der Waals surface area contributed by atoms with Crippen molar-refractivity contribution in [2.24, 2.45) is 0 Å². The molecule has 8 heavy (non-hydrogen) atoms. The second kappa shape index (κ2) is 2.15. The van der Waals surface area contributed by atoms with Crippen molar-refractivity contribution >= 4 is 28.8 Å². The molecule has 1 atom stereocenters. The van der Waals surface area contributed by atoms with Crippen molar-refractivity contribution in [2.45, 2.75) is 13.0 Å². The van der Waals surface area contributed by atoms with Gasteiger partial charge in [0.15, 0.2) is 0 Å². The van der Waals surface area contributed by atoms with Gasteiger partial charge >= 0.3 is 0 Å². The quantitative estimate of drug-likeness (QED) is 0.492. The van der Waals surface area contributed by atoms with Gasteiger partial charge in [0.25, 0.3) is 5.24 Å². The fourth-order valence-corrected chi connectivity index (χ4v) is 1.63. The lowest BCUT2D eigenvalue weighted by Gasteiger charge is -2.07. The molecule has 0 aromatic carbocycles. The molecule has 4 heteroatoms. The van der Waals surface area contributed by atoms with Gasteiger partial charge in [-0.2, -0.15) is 0 Å². The molecule has 1 fully saturated rings. The third-order valence-electron chi connectivity index (χ3n) is 1.01. The minimum atomic E-state index is -0.0285. The Morgan fingerprint density at radius 2 is 2.62 bits per heavy atom. The van der Waals surface area contributed by atoms with E-state index in [1.807, 2.05) is 6.92 Å². The number of thioether (sulfide) groups is 1. The molecule has 1 aliphatic heterocycles. The van der Waals surface area contributed by atoms with Gasteiger partial charge in [-0.25, -0.2) is 4.42 Å². The first kappa shape index (κ1) is 6.23. The predicted octanol–water partition coefficient (Wildman–Crippen LogP) is 1.70. The molecule has 0 spiro atoms. The second-order valence-corrected chi connectivity index (χ2v) is 3.07. The first-order valence-corrected chi connectivity index (χ1v) is 3.66. The van der Waals surface area contributed by atoms with Crippen LogP contribution >= 0.6 is 23.5 Å². The van der Waals surface area contributed by atoms with Gasteiger partial charge in [0.2, 0.25) is 0 Å². The zero-order chi connectivity index (χ0) is 6.15. The molecule has 1 aliphatic rings. The summed E-state index contributed by atoms with van der Waals surface area (Å²) in [5.74, 6) is 0.822. The molecule has 1 amide bonds. The van der Waals surface area contributed by atoms with Crippen molar-refractivity contribution in [3.63, 3.8) is 0 Å². The summed E-state index contributed by atoms with van der Waals surface area (Å²) < 4.78 is 1.24. The summed E-state index contributed by atoms with van der Waals surface area (Å²) >= 11 is 6.74. The Morgan fingerprint density at radius 1 is 2.00 bits per heavy atom. The Labute approximate surface area is 57.3 Å². The van der Waals surface area contributed by atoms with Crippen LogP contribution in [0.3, 0.4) is 0 Å². The Morgan fingerprint density at radius 3 is 2.75 bits per heavy atom. The zero-order valence-electron chi connectivity index (χ0n) is 4.43. The summed E-state index contributed by atoms with van der Waals surface area (Å²) in [4.78, 5) is 10.5. The van der Waals surface area contributed by atoms with Crippen LogP contribution in [0.2, 0.25) is 0 Å². The molecule has 46 valence electrons. The Hall–Kier alpha value is 0.110. The van der Waals surface area contributed by atoms with E-state index in [1.165, 1.54) is 16.2 Å². The fourth-order valence-electron chi connectivity index (χ4n) is 0.499. The van der Waals surface area contributed by atoms with Crippen molar-refractivity contribution in [3.8, 4) is 0 Å². The highest BCUT2D eigenvalue weighted by Crippen LogP contribution is 2.24. The lowest BCUT2D eigenvalue weighted by molar-refractivity contribution is 0.245. The van der Waals surface area contributed by atoms with Gasteiger partial charge in [0.1, 0.15) is 0 Å². The summed E-state index contributed by atoms with van der Waals surface area (Å²) in [6, 6.07) is 0.203. The van der Waals surface area contributed by atoms with Gasteiger partial charge in [-0.3, -0.25) is 4.79 Å². The maximum atomic E-state index is 10.5. The highest BCUT2D eigenvalue weighted by Gasteiger charge is 2.26. The van der Waals surface area contributed by atoms with Gasteiger partial charge in [0, 0.05) is 17.5 Å².